The molecule has 0 atom stereocenters. The van der Waals surface area contributed by atoms with Crippen LogP contribution in [0.2, 0.25) is 0 Å². The molecule has 5 rings (SSSR count). The van der Waals surface area contributed by atoms with E-state index in [1.807, 2.05) is 38.1 Å². The summed E-state index contributed by atoms with van der Waals surface area (Å²) in [5.74, 6) is 1.74. The van der Waals surface area contributed by atoms with Gasteiger partial charge < -0.3 is 5.32 Å². The second-order valence-electron chi connectivity index (χ2n) is 9.85. The molecule has 2 heterocycles. The Morgan fingerprint density at radius 3 is 2.38 bits per heavy atom. The Bertz CT molecular complexity index is 1550. The summed E-state index contributed by atoms with van der Waals surface area (Å²) in [6.45, 7) is 6.25. The van der Waals surface area contributed by atoms with Crippen molar-refractivity contribution in [3.63, 3.8) is 0 Å². The minimum absolute atomic E-state index is 0.0526. The molecule has 0 bridgehead atoms. The number of aromatic nitrogens is 3. The second-order valence-corrected chi connectivity index (χ2v) is 11.5. The van der Waals surface area contributed by atoms with Crippen LogP contribution in [0, 0.1) is 26.7 Å². The van der Waals surface area contributed by atoms with Crippen LogP contribution in [-0.2, 0) is 22.9 Å². The van der Waals surface area contributed by atoms with Gasteiger partial charge >= 0.3 is 6.03 Å². The lowest BCUT2D eigenvalue weighted by atomic mass is 10.1. The molecule has 2 aromatic carbocycles. The van der Waals surface area contributed by atoms with Gasteiger partial charge in [0.2, 0.25) is 0 Å². The maximum absolute atomic E-state index is 12.4. The number of nitrogens with zero attached hydrogens (tertiary/aromatic N) is 3. The normalized spacial score (nSPS) is 13.6. The number of urea groups is 1. The summed E-state index contributed by atoms with van der Waals surface area (Å²) in [5, 5.41) is 2.63. The van der Waals surface area contributed by atoms with Crippen molar-refractivity contribution < 1.29 is 13.2 Å². The predicted octanol–water partition coefficient (Wildman–Crippen LogP) is 4.53. The zero-order valence-electron chi connectivity index (χ0n) is 21.3. The van der Waals surface area contributed by atoms with Gasteiger partial charge in [0.25, 0.3) is 10.0 Å². The number of hydrogen-bond acceptors (Lipinski definition) is 5. The highest BCUT2D eigenvalue weighted by molar-refractivity contribution is 7.90. The molecule has 0 unspecified atom stereocenters. The number of nitrogens with one attached hydrogen (secondary N) is 2. The smallest absolute Gasteiger partial charge is 0.328 e. The number of benzene rings is 2. The number of carbonyl (C=O) groups is 1. The fourth-order valence-electron chi connectivity index (χ4n) is 4.46. The van der Waals surface area contributed by atoms with E-state index in [0.29, 0.717) is 18.9 Å². The first kappa shape index (κ1) is 25.0. The Kier molecular flexibility index (Phi) is 6.72. The van der Waals surface area contributed by atoms with E-state index < -0.39 is 16.1 Å². The second kappa shape index (κ2) is 9.97. The van der Waals surface area contributed by atoms with Gasteiger partial charge in [-0.1, -0.05) is 29.8 Å². The van der Waals surface area contributed by atoms with Crippen molar-refractivity contribution >= 4 is 27.2 Å². The molecule has 0 saturated heterocycles. The van der Waals surface area contributed by atoms with Crippen LogP contribution in [0.15, 0.2) is 59.5 Å². The first-order valence-electron chi connectivity index (χ1n) is 12.5. The molecule has 37 heavy (non-hydrogen) atoms. The molecule has 9 heteroatoms. The van der Waals surface area contributed by atoms with E-state index in [9.17, 15) is 13.2 Å². The lowest BCUT2D eigenvalue weighted by molar-refractivity contribution is 0.246. The highest BCUT2D eigenvalue weighted by Crippen LogP contribution is 2.34. The Hall–Kier alpha value is -3.72. The van der Waals surface area contributed by atoms with Crippen molar-refractivity contribution in [2.75, 3.05) is 6.54 Å². The Morgan fingerprint density at radius 2 is 1.70 bits per heavy atom. The zero-order valence-corrected chi connectivity index (χ0v) is 22.1. The van der Waals surface area contributed by atoms with Crippen molar-refractivity contribution in [2.45, 2.75) is 51.3 Å². The van der Waals surface area contributed by atoms with Gasteiger partial charge in [-0.25, -0.2) is 27.9 Å². The fourth-order valence-corrected chi connectivity index (χ4v) is 5.39. The molecule has 0 radical (unpaired) electrons. The average molecular weight is 518 g/mol. The van der Waals surface area contributed by atoms with Crippen molar-refractivity contribution in [3.05, 3.63) is 82.8 Å². The van der Waals surface area contributed by atoms with E-state index in [2.05, 4.69) is 27.6 Å². The maximum Gasteiger partial charge on any atom is 0.328 e. The summed E-state index contributed by atoms with van der Waals surface area (Å²) in [4.78, 5) is 22.0. The molecule has 8 nitrogen and oxygen atoms in total. The minimum Gasteiger partial charge on any atom is -0.337 e. The zero-order chi connectivity index (χ0) is 26.2. The molecule has 0 spiro atoms. The molecule has 2 amide bonds. The summed E-state index contributed by atoms with van der Waals surface area (Å²) in [5.41, 5.74) is 6.90. The molecule has 2 aromatic heterocycles. The van der Waals surface area contributed by atoms with Crippen LogP contribution in [0.1, 0.15) is 41.1 Å². The van der Waals surface area contributed by atoms with Gasteiger partial charge in [-0.3, -0.25) is 4.57 Å². The molecular formula is C28H31N5O3S. The van der Waals surface area contributed by atoms with Crippen molar-refractivity contribution in [3.8, 4) is 5.69 Å². The molecule has 1 aliphatic rings. The molecule has 2 N–H and O–H groups in total. The van der Waals surface area contributed by atoms with Crippen LogP contribution in [0.3, 0.4) is 0 Å². The van der Waals surface area contributed by atoms with Crippen molar-refractivity contribution in [1.82, 2.24) is 24.6 Å². The molecule has 192 valence electrons. The van der Waals surface area contributed by atoms with Crippen LogP contribution in [0.5, 0.6) is 0 Å². The summed E-state index contributed by atoms with van der Waals surface area (Å²) >= 11 is 0. The maximum atomic E-state index is 12.4. The third-order valence-corrected chi connectivity index (χ3v) is 7.97. The minimum atomic E-state index is -3.91. The number of imidazole rings is 1. The largest absolute Gasteiger partial charge is 0.337 e. The number of pyridine rings is 1. The van der Waals surface area contributed by atoms with Crippen molar-refractivity contribution in [1.29, 1.82) is 0 Å². The monoisotopic (exact) mass is 517 g/mol. The van der Waals surface area contributed by atoms with Gasteiger partial charge in [0.1, 0.15) is 11.3 Å². The average Bonchev–Trinajstić information content (AvgIpc) is 3.59. The molecule has 1 fully saturated rings. The Labute approximate surface area is 217 Å². The van der Waals surface area contributed by atoms with E-state index in [-0.39, 0.29) is 4.90 Å². The number of fused-ring (bicyclic) bond motifs is 1. The molecule has 1 saturated carbocycles. The third-order valence-electron chi connectivity index (χ3n) is 6.62. The van der Waals surface area contributed by atoms with Crippen LogP contribution in [0.4, 0.5) is 4.79 Å². The number of aryl methyl sites for hydroxylation is 3. The standard InChI is InChI=1S/C28H31N5O3S/c1-18-4-12-24(13-5-18)37(35,36)32-28(34)29-15-14-21-8-10-23(11-9-21)33-25(17-22-6-7-22)31-26-19(2)16-20(3)30-27(26)33/h4-5,8-13,16,22H,6-7,14-15,17H2,1-3H3,(H2,29,32,34). The number of rotatable bonds is 8. The topological polar surface area (TPSA) is 106 Å². The summed E-state index contributed by atoms with van der Waals surface area (Å²) in [7, 11) is -3.91. The molecule has 1 aliphatic carbocycles. The van der Waals surface area contributed by atoms with Gasteiger partial charge in [-0.2, -0.15) is 0 Å². The summed E-state index contributed by atoms with van der Waals surface area (Å²) in [6, 6.07) is 15.8. The fraction of sp³-hybridized carbons (Fsp3) is 0.321. The predicted molar refractivity (Wildman–Crippen MR) is 143 cm³/mol. The van der Waals surface area contributed by atoms with E-state index in [1.54, 1.807) is 12.1 Å². The SMILES string of the molecule is Cc1ccc(S(=O)(=O)NC(=O)NCCc2ccc(-n3c(CC4CC4)nc4c(C)cc(C)nc43)cc2)cc1. The van der Waals surface area contributed by atoms with Crippen LogP contribution < -0.4 is 10.0 Å². The van der Waals surface area contributed by atoms with E-state index >= 15 is 0 Å². The van der Waals surface area contributed by atoms with Gasteiger partial charge in [0, 0.05) is 24.3 Å². The van der Waals surface area contributed by atoms with Crippen LogP contribution >= 0.6 is 0 Å². The number of sulfonamides is 1. The number of carbonyl (C=O) groups excluding carboxylic acids is 1. The summed E-state index contributed by atoms with van der Waals surface area (Å²) < 4.78 is 29.0. The summed E-state index contributed by atoms with van der Waals surface area (Å²) in [6.07, 6.45) is 4.01. The van der Waals surface area contributed by atoms with Gasteiger partial charge in [0.05, 0.1) is 4.90 Å². The lowest BCUT2D eigenvalue weighted by Crippen LogP contribution is -2.40. The molecular weight excluding hydrogens is 486 g/mol. The van der Waals surface area contributed by atoms with Crippen LogP contribution in [0.25, 0.3) is 16.9 Å². The number of amides is 2. The highest BCUT2D eigenvalue weighted by atomic mass is 32.2. The Morgan fingerprint density at radius 1 is 1.00 bits per heavy atom. The third kappa shape index (κ3) is 5.67. The van der Waals surface area contributed by atoms with Gasteiger partial charge in [0.15, 0.2) is 5.65 Å². The van der Waals surface area contributed by atoms with Gasteiger partial charge in [-0.05, 0) is 87.4 Å². The number of hydrogen-bond donors (Lipinski definition) is 2. The van der Waals surface area contributed by atoms with Gasteiger partial charge in [-0.15, -0.1) is 0 Å². The quantitative estimate of drug-likeness (QED) is 0.357. The van der Waals surface area contributed by atoms with Crippen LogP contribution in [-0.4, -0.2) is 35.5 Å². The molecule has 4 aromatic rings. The first-order chi connectivity index (χ1) is 17.7. The first-order valence-corrected chi connectivity index (χ1v) is 14.0. The van der Waals surface area contributed by atoms with Crippen molar-refractivity contribution in [2.24, 2.45) is 5.92 Å². The molecule has 0 aliphatic heterocycles. The highest BCUT2D eigenvalue weighted by Gasteiger charge is 2.26. The van der Waals surface area contributed by atoms with E-state index in [1.165, 1.54) is 25.0 Å². The van der Waals surface area contributed by atoms with E-state index in [0.717, 1.165) is 51.5 Å². The lowest BCUT2D eigenvalue weighted by Gasteiger charge is -2.11. The van der Waals surface area contributed by atoms with E-state index in [4.69, 9.17) is 9.97 Å². The Balaban J connectivity index is 1.25.